The summed E-state index contributed by atoms with van der Waals surface area (Å²) in [7, 11) is -3.45. The summed E-state index contributed by atoms with van der Waals surface area (Å²) in [5.41, 5.74) is 5.17. The van der Waals surface area contributed by atoms with Crippen LogP contribution in [-0.4, -0.2) is 42.8 Å². The van der Waals surface area contributed by atoms with E-state index in [9.17, 15) is 13.2 Å². The largest absolute Gasteiger partial charge is 0.480 e. The first-order chi connectivity index (χ1) is 5.83. The monoisotopic (exact) mass is 228 g/mol. The Labute approximate surface area is 80.7 Å². The van der Waals surface area contributed by atoms with E-state index >= 15 is 0 Å². The quantitative estimate of drug-likeness (QED) is 0.471. The molecule has 6 nitrogen and oxygen atoms in total. The van der Waals surface area contributed by atoms with E-state index in [0.29, 0.717) is 0 Å². The Morgan fingerprint density at radius 2 is 2.08 bits per heavy atom. The number of nitrogens with two attached hydrogens (primary N) is 2. The van der Waals surface area contributed by atoms with Crippen molar-refractivity contribution in [3.63, 3.8) is 0 Å². The molecule has 0 rings (SSSR count). The van der Waals surface area contributed by atoms with Gasteiger partial charge in [0, 0.05) is 11.5 Å². The standard InChI is InChI=1S/C5H12N2O4S2/c6-4(5(8)9)3-12-1-2-13(7,10)11/h4H,1-3,6H2,(H,8,9)(H2,7,10,11)/t4-/m1/s1. The first-order valence-electron chi connectivity index (χ1n) is 3.39. The van der Waals surface area contributed by atoms with E-state index in [1.807, 2.05) is 0 Å². The fraction of sp³-hybridized carbons (Fsp3) is 0.800. The summed E-state index contributed by atoms with van der Waals surface area (Å²) in [4.78, 5) is 10.2. The van der Waals surface area contributed by atoms with Crippen LogP contribution >= 0.6 is 11.8 Å². The number of thioether (sulfide) groups is 1. The molecule has 0 fully saturated rings. The van der Waals surface area contributed by atoms with Gasteiger partial charge in [-0.3, -0.25) is 4.79 Å². The molecule has 0 saturated heterocycles. The van der Waals surface area contributed by atoms with E-state index < -0.39 is 22.0 Å². The van der Waals surface area contributed by atoms with Gasteiger partial charge in [0.25, 0.3) is 0 Å². The summed E-state index contributed by atoms with van der Waals surface area (Å²) in [5, 5.41) is 13.1. The second-order valence-corrected chi connectivity index (χ2v) is 5.27. The van der Waals surface area contributed by atoms with Gasteiger partial charge in [0.1, 0.15) is 6.04 Å². The molecule has 0 amide bonds. The SMILES string of the molecule is N[C@H](CSCCS(N)(=O)=O)C(=O)O. The van der Waals surface area contributed by atoms with Crippen LogP contribution in [-0.2, 0) is 14.8 Å². The van der Waals surface area contributed by atoms with Crippen LogP contribution in [0.4, 0.5) is 0 Å². The molecule has 13 heavy (non-hydrogen) atoms. The average Bonchev–Trinajstić information content (AvgIpc) is 1.95. The molecule has 0 radical (unpaired) electrons. The van der Waals surface area contributed by atoms with Crippen LogP contribution in [0.1, 0.15) is 0 Å². The summed E-state index contributed by atoms with van der Waals surface area (Å²) in [5.74, 6) is -0.808. The first-order valence-corrected chi connectivity index (χ1v) is 6.26. The fourth-order valence-electron chi connectivity index (χ4n) is 0.457. The van der Waals surface area contributed by atoms with E-state index in [1.165, 1.54) is 0 Å². The van der Waals surface area contributed by atoms with Gasteiger partial charge in [-0.05, 0) is 0 Å². The van der Waals surface area contributed by atoms with Gasteiger partial charge in [0.15, 0.2) is 0 Å². The summed E-state index contributed by atoms with van der Waals surface area (Å²) in [6.45, 7) is 0. The second kappa shape index (κ2) is 5.43. The van der Waals surface area contributed by atoms with E-state index in [1.54, 1.807) is 0 Å². The van der Waals surface area contributed by atoms with Crippen LogP contribution in [0.2, 0.25) is 0 Å². The Kier molecular flexibility index (Phi) is 5.30. The molecule has 5 N–H and O–H groups in total. The van der Waals surface area contributed by atoms with Crippen molar-refractivity contribution in [2.24, 2.45) is 10.9 Å². The zero-order valence-electron chi connectivity index (χ0n) is 6.84. The number of carbonyl (C=O) groups is 1. The molecule has 0 aliphatic heterocycles. The highest BCUT2D eigenvalue weighted by Gasteiger charge is 2.11. The Morgan fingerprint density at radius 1 is 1.54 bits per heavy atom. The summed E-state index contributed by atoms with van der Waals surface area (Å²) < 4.78 is 20.9. The van der Waals surface area contributed by atoms with Crippen LogP contribution in [0.3, 0.4) is 0 Å². The zero-order chi connectivity index (χ0) is 10.5. The zero-order valence-corrected chi connectivity index (χ0v) is 8.47. The molecule has 78 valence electrons. The lowest BCUT2D eigenvalue weighted by atomic mass is 10.4. The van der Waals surface area contributed by atoms with Crippen LogP contribution < -0.4 is 10.9 Å². The normalized spacial score (nSPS) is 14.0. The molecule has 0 aromatic rings. The molecule has 0 unspecified atom stereocenters. The van der Waals surface area contributed by atoms with Gasteiger partial charge in [-0.2, -0.15) is 11.8 Å². The molecule has 0 aromatic carbocycles. The van der Waals surface area contributed by atoms with Gasteiger partial charge in [-0.15, -0.1) is 0 Å². The Balaban J connectivity index is 3.53. The molecule has 1 atom stereocenters. The van der Waals surface area contributed by atoms with Crippen LogP contribution in [0, 0.1) is 0 Å². The van der Waals surface area contributed by atoms with Crippen molar-refractivity contribution in [1.29, 1.82) is 0 Å². The minimum Gasteiger partial charge on any atom is -0.480 e. The Hall–Kier alpha value is -0.310. The van der Waals surface area contributed by atoms with Crippen molar-refractivity contribution in [2.45, 2.75) is 6.04 Å². The van der Waals surface area contributed by atoms with Crippen molar-refractivity contribution >= 4 is 27.8 Å². The molecule has 0 aliphatic carbocycles. The third-order valence-electron chi connectivity index (χ3n) is 1.13. The van der Waals surface area contributed by atoms with Crippen molar-refractivity contribution in [1.82, 2.24) is 0 Å². The number of primary sulfonamides is 1. The van der Waals surface area contributed by atoms with Crippen molar-refractivity contribution in [3.05, 3.63) is 0 Å². The summed E-state index contributed by atoms with van der Waals surface area (Å²) >= 11 is 1.15. The van der Waals surface area contributed by atoms with Gasteiger partial charge < -0.3 is 10.8 Å². The molecule has 0 heterocycles. The van der Waals surface area contributed by atoms with Gasteiger partial charge >= 0.3 is 5.97 Å². The highest BCUT2D eigenvalue weighted by Crippen LogP contribution is 2.02. The molecule has 0 saturated carbocycles. The maximum Gasteiger partial charge on any atom is 0.321 e. The second-order valence-electron chi connectivity index (χ2n) is 2.39. The number of aliphatic carboxylic acids is 1. The predicted octanol–water partition coefficient (Wildman–Crippen LogP) is -1.58. The number of carboxylic acids is 1. The number of carboxylic acid groups (broad SMARTS) is 1. The number of hydrogen-bond donors (Lipinski definition) is 3. The fourth-order valence-corrected chi connectivity index (χ4v) is 2.42. The van der Waals surface area contributed by atoms with E-state index in [2.05, 4.69) is 0 Å². The molecule has 0 aromatic heterocycles. The number of rotatable bonds is 6. The molecule has 0 spiro atoms. The Morgan fingerprint density at radius 3 is 2.46 bits per heavy atom. The maximum atomic E-state index is 10.4. The summed E-state index contributed by atoms with van der Waals surface area (Å²) in [6, 6.07) is -0.953. The lowest BCUT2D eigenvalue weighted by molar-refractivity contribution is -0.137. The summed E-state index contributed by atoms with van der Waals surface area (Å²) in [6.07, 6.45) is 0. The van der Waals surface area contributed by atoms with Crippen molar-refractivity contribution in [2.75, 3.05) is 17.3 Å². The Bertz CT molecular complexity index is 264. The third-order valence-corrected chi connectivity index (χ3v) is 3.25. The van der Waals surface area contributed by atoms with Crippen molar-refractivity contribution in [3.8, 4) is 0 Å². The van der Waals surface area contributed by atoms with E-state index in [4.69, 9.17) is 16.0 Å². The molecule has 0 aliphatic rings. The predicted molar refractivity (Wildman–Crippen MR) is 50.9 cm³/mol. The molecule has 0 bridgehead atoms. The highest BCUT2D eigenvalue weighted by atomic mass is 32.2. The van der Waals surface area contributed by atoms with Crippen LogP contribution in [0.15, 0.2) is 0 Å². The van der Waals surface area contributed by atoms with Crippen LogP contribution in [0.5, 0.6) is 0 Å². The minimum atomic E-state index is -3.45. The number of sulfonamides is 1. The molecular formula is C5H12N2O4S2. The highest BCUT2D eigenvalue weighted by molar-refractivity contribution is 8.00. The van der Waals surface area contributed by atoms with E-state index in [0.717, 1.165) is 11.8 Å². The van der Waals surface area contributed by atoms with Crippen LogP contribution in [0.25, 0.3) is 0 Å². The molecule has 8 heteroatoms. The lowest BCUT2D eigenvalue weighted by Crippen LogP contribution is -2.32. The lowest BCUT2D eigenvalue weighted by Gasteiger charge is -2.04. The van der Waals surface area contributed by atoms with Gasteiger partial charge in [-0.1, -0.05) is 0 Å². The van der Waals surface area contributed by atoms with Gasteiger partial charge in [0.2, 0.25) is 10.0 Å². The molecular weight excluding hydrogens is 216 g/mol. The third kappa shape index (κ3) is 8.03. The topological polar surface area (TPSA) is 123 Å². The minimum absolute atomic E-state index is 0.163. The number of hydrogen-bond acceptors (Lipinski definition) is 5. The maximum absolute atomic E-state index is 10.4. The smallest absolute Gasteiger partial charge is 0.321 e. The van der Waals surface area contributed by atoms with Crippen molar-refractivity contribution < 1.29 is 18.3 Å². The average molecular weight is 228 g/mol. The van der Waals surface area contributed by atoms with E-state index in [-0.39, 0.29) is 17.3 Å². The van der Waals surface area contributed by atoms with Gasteiger partial charge in [0.05, 0.1) is 5.75 Å². The van der Waals surface area contributed by atoms with Gasteiger partial charge in [-0.25, -0.2) is 13.6 Å². The first kappa shape index (κ1) is 12.7.